The Morgan fingerprint density at radius 2 is 1.90 bits per heavy atom. The lowest BCUT2D eigenvalue weighted by molar-refractivity contribution is -0.0120. The van der Waals surface area contributed by atoms with E-state index in [0.29, 0.717) is 6.54 Å². The summed E-state index contributed by atoms with van der Waals surface area (Å²) in [6, 6.07) is 7.17. The summed E-state index contributed by atoms with van der Waals surface area (Å²) in [5, 5.41) is 7.03. The molecule has 1 atom stereocenters. The Labute approximate surface area is 194 Å². The summed E-state index contributed by atoms with van der Waals surface area (Å²) >= 11 is 2.04. The number of hydrogen-bond donors (Lipinski definition) is 2. The van der Waals surface area contributed by atoms with Crippen molar-refractivity contribution in [2.24, 2.45) is 4.99 Å². The lowest BCUT2D eigenvalue weighted by Crippen LogP contribution is -2.60. The van der Waals surface area contributed by atoms with Gasteiger partial charge in [0.2, 0.25) is 0 Å². The van der Waals surface area contributed by atoms with Gasteiger partial charge in [-0.3, -0.25) is 9.89 Å². The molecule has 162 valence electrons. The van der Waals surface area contributed by atoms with Crippen LogP contribution < -0.4 is 10.6 Å². The van der Waals surface area contributed by atoms with Crippen molar-refractivity contribution >= 4 is 41.7 Å². The zero-order valence-electron chi connectivity index (χ0n) is 17.1. The summed E-state index contributed by atoms with van der Waals surface area (Å²) < 4.78 is 19.8. The Morgan fingerprint density at radius 1 is 1.17 bits per heavy atom. The van der Waals surface area contributed by atoms with E-state index in [1.807, 2.05) is 30.9 Å². The summed E-state index contributed by atoms with van der Waals surface area (Å²) in [6.07, 6.45) is 3.24. The van der Waals surface area contributed by atoms with Crippen LogP contribution in [0.3, 0.4) is 0 Å². The van der Waals surface area contributed by atoms with Crippen LogP contribution in [0.15, 0.2) is 29.3 Å². The Kier molecular flexibility index (Phi) is 8.08. The number of nitrogens with one attached hydrogen (secondary N) is 2. The maximum absolute atomic E-state index is 14.2. The van der Waals surface area contributed by atoms with Crippen molar-refractivity contribution in [2.75, 3.05) is 57.9 Å². The second-order valence-electron chi connectivity index (χ2n) is 8.17. The Bertz CT molecular complexity index is 704. The maximum Gasteiger partial charge on any atom is 0.191 e. The molecule has 1 aromatic carbocycles. The normalized spacial score (nSPS) is 26.6. The fraction of sp³-hybridized carbons (Fsp3) is 0.667. The molecule has 1 saturated carbocycles. The molecule has 4 rings (SSSR count). The van der Waals surface area contributed by atoms with Crippen molar-refractivity contribution in [2.45, 2.75) is 30.2 Å². The van der Waals surface area contributed by atoms with Gasteiger partial charge < -0.3 is 15.4 Å². The number of benzene rings is 1. The molecule has 3 aliphatic rings. The standard InChI is InChI=1S/C21H31FN4OS.HI/c1-23-19(24-14-20(6-7-20)17-4-2-3-5-18(17)22)25-15-21(8-13-28-16-21)26-9-11-27-12-10-26;/h2-5H,6-16H2,1H3,(H2,23,24,25);1H. The van der Waals surface area contributed by atoms with E-state index < -0.39 is 0 Å². The van der Waals surface area contributed by atoms with E-state index in [9.17, 15) is 4.39 Å². The summed E-state index contributed by atoms with van der Waals surface area (Å²) in [7, 11) is 1.81. The second-order valence-corrected chi connectivity index (χ2v) is 9.27. The SMILES string of the molecule is CN=C(NCC1(c2ccccc2F)CC1)NCC1(N2CCOCC2)CCSC1.I. The third-order valence-electron chi connectivity index (χ3n) is 6.47. The van der Waals surface area contributed by atoms with Crippen molar-refractivity contribution in [3.63, 3.8) is 0 Å². The van der Waals surface area contributed by atoms with Crippen LogP contribution in [-0.4, -0.2) is 74.3 Å². The average molecular weight is 534 g/mol. The molecular weight excluding hydrogens is 502 g/mol. The minimum absolute atomic E-state index is 0. The molecule has 1 aliphatic carbocycles. The molecule has 2 heterocycles. The molecule has 5 nitrogen and oxygen atoms in total. The van der Waals surface area contributed by atoms with E-state index in [0.717, 1.165) is 63.0 Å². The number of thioether (sulfide) groups is 1. The summed E-state index contributed by atoms with van der Waals surface area (Å²) in [4.78, 5) is 7.02. The van der Waals surface area contributed by atoms with Crippen molar-refractivity contribution in [1.29, 1.82) is 0 Å². The predicted molar refractivity (Wildman–Crippen MR) is 129 cm³/mol. The quantitative estimate of drug-likeness (QED) is 0.334. The number of hydrogen-bond acceptors (Lipinski definition) is 4. The molecule has 1 aromatic rings. The number of rotatable bonds is 6. The van der Waals surface area contributed by atoms with E-state index in [1.54, 1.807) is 12.1 Å². The Balaban J connectivity index is 0.00000240. The van der Waals surface area contributed by atoms with Gasteiger partial charge in [0.05, 0.1) is 13.2 Å². The van der Waals surface area contributed by atoms with Gasteiger partial charge in [-0.2, -0.15) is 11.8 Å². The number of ether oxygens (including phenoxy) is 1. The van der Waals surface area contributed by atoms with Crippen LogP contribution in [0.2, 0.25) is 0 Å². The van der Waals surface area contributed by atoms with Crippen molar-refractivity contribution in [3.05, 3.63) is 35.6 Å². The van der Waals surface area contributed by atoms with Crippen LogP contribution in [0, 0.1) is 5.82 Å². The van der Waals surface area contributed by atoms with E-state index in [1.165, 1.54) is 12.2 Å². The highest BCUT2D eigenvalue weighted by Crippen LogP contribution is 2.48. The number of halogens is 2. The minimum atomic E-state index is -0.0982. The number of guanidine groups is 1. The zero-order chi connectivity index (χ0) is 19.5. The summed E-state index contributed by atoms with van der Waals surface area (Å²) in [5.74, 6) is 3.07. The smallest absolute Gasteiger partial charge is 0.191 e. The summed E-state index contributed by atoms with van der Waals surface area (Å²) in [6.45, 7) is 5.25. The molecule has 8 heteroatoms. The maximum atomic E-state index is 14.2. The van der Waals surface area contributed by atoms with Gasteiger partial charge in [-0.25, -0.2) is 4.39 Å². The van der Waals surface area contributed by atoms with Gasteiger partial charge in [0.15, 0.2) is 5.96 Å². The molecule has 3 fully saturated rings. The first-order valence-corrected chi connectivity index (χ1v) is 11.4. The molecule has 29 heavy (non-hydrogen) atoms. The molecular formula is C21H32FIN4OS. The fourth-order valence-electron chi connectivity index (χ4n) is 4.44. The molecule has 0 amide bonds. The van der Waals surface area contributed by atoms with Gasteiger partial charge in [-0.1, -0.05) is 18.2 Å². The lowest BCUT2D eigenvalue weighted by Gasteiger charge is -2.43. The van der Waals surface area contributed by atoms with Crippen LogP contribution in [0.5, 0.6) is 0 Å². The Hall–Kier alpha value is -0.580. The number of aliphatic imine (C=N–C) groups is 1. The molecule has 2 aliphatic heterocycles. The first-order valence-electron chi connectivity index (χ1n) is 10.3. The van der Waals surface area contributed by atoms with Gasteiger partial charge >= 0.3 is 0 Å². The van der Waals surface area contributed by atoms with Gasteiger partial charge in [0, 0.05) is 49.9 Å². The summed E-state index contributed by atoms with van der Waals surface area (Å²) in [5.41, 5.74) is 0.915. The second kappa shape index (κ2) is 10.2. The number of nitrogens with zero attached hydrogens (tertiary/aromatic N) is 2. The highest BCUT2D eigenvalue weighted by Gasteiger charge is 2.46. The molecule has 2 saturated heterocycles. The first kappa shape index (κ1) is 23.1. The highest BCUT2D eigenvalue weighted by atomic mass is 127. The molecule has 2 N–H and O–H groups in total. The largest absolute Gasteiger partial charge is 0.379 e. The topological polar surface area (TPSA) is 48.9 Å². The first-order chi connectivity index (χ1) is 13.7. The molecule has 1 unspecified atom stereocenters. The van der Waals surface area contributed by atoms with Crippen molar-refractivity contribution in [1.82, 2.24) is 15.5 Å². The van der Waals surface area contributed by atoms with Crippen LogP contribution in [-0.2, 0) is 10.2 Å². The molecule has 0 bridgehead atoms. The van der Waals surface area contributed by atoms with Crippen LogP contribution >= 0.6 is 35.7 Å². The van der Waals surface area contributed by atoms with E-state index in [-0.39, 0.29) is 40.7 Å². The van der Waals surface area contributed by atoms with Gasteiger partial charge in [0.1, 0.15) is 5.82 Å². The lowest BCUT2D eigenvalue weighted by atomic mass is 9.95. The van der Waals surface area contributed by atoms with Crippen LogP contribution in [0.4, 0.5) is 4.39 Å². The highest BCUT2D eigenvalue weighted by molar-refractivity contribution is 14.0. The molecule has 0 aromatic heterocycles. The van der Waals surface area contributed by atoms with Crippen molar-refractivity contribution < 1.29 is 9.13 Å². The Morgan fingerprint density at radius 3 is 2.52 bits per heavy atom. The molecule has 0 radical (unpaired) electrons. The third kappa shape index (κ3) is 5.19. The minimum Gasteiger partial charge on any atom is -0.379 e. The fourth-order valence-corrected chi connectivity index (χ4v) is 5.92. The predicted octanol–water partition coefficient (Wildman–Crippen LogP) is 2.85. The van der Waals surface area contributed by atoms with Gasteiger partial charge in [0.25, 0.3) is 0 Å². The number of morpholine rings is 1. The zero-order valence-corrected chi connectivity index (χ0v) is 20.2. The molecule has 0 spiro atoms. The van der Waals surface area contributed by atoms with E-state index in [2.05, 4.69) is 20.5 Å². The third-order valence-corrected chi connectivity index (χ3v) is 7.70. The van der Waals surface area contributed by atoms with Crippen LogP contribution in [0.25, 0.3) is 0 Å². The van der Waals surface area contributed by atoms with Crippen molar-refractivity contribution in [3.8, 4) is 0 Å². The average Bonchev–Trinajstić information content (AvgIpc) is 3.37. The van der Waals surface area contributed by atoms with E-state index >= 15 is 0 Å². The monoisotopic (exact) mass is 534 g/mol. The van der Waals surface area contributed by atoms with Gasteiger partial charge in [-0.15, -0.1) is 24.0 Å². The van der Waals surface area contributed by atoms with E-state index in [4.69, 9.17) is 4.74 Å². The van der Waals surface area contributed by atoms with Gasteiger partial charge in [-0.05, 0) is 36.6 Å². The van der Waals surface area contributed by atoms with Crippen LogP contribution in [0.1, 0.15) is 24.8 Å².